The maximum atomic E-state index is 5.58. The standard InChI is InChI=1S/C15H19N3O/c1-11-9-14(6-8-19-11)17-13-4-2-3-12(10-13)15-5-7-16-18-15/h2-5,7,10-11,14,17H,6,8-9H2,1H3,(H,16,18). The van der Waals surface area contributed by atoms with E-state index in [1.807, 2.05) is 6.07 Å². The Morgan fingerprint density at radius 2 is 2.32 bits per heavy atom. The van der Waals surface area contributed by atoms with E-state index in [0.717, 1.165) is 36.4 Å². The number of aromatic amines is 1. The number of ether oxygens (including phenoxy) is 1. The van der Waals surface area contributed by atoms with Gasteiger partial charge < -0.3 is 10.1 Å². The fourth-order valence-corrected chi connectivity index (χ4v) is 2.56. The predicted octanol–water partition coefficient (Wildman–Crippen LogP) is 3.06. The molecule has 3 rings (SSSR count). The van der Waals surface area contributed by atoms with Crippen molar-refractivity contribution in [3.63, 3.8) is 0 Å². The van der Waals surface area contributed by atoms with Crippen LogP contribution in [0.25, 0.3) is 11.3 Å². The zero-order chi connectivity index (χ0) is 13.1. The van der Waals surface area contributed by atoms with Crippen LogP contribution in [0.15, 0.2) is 36.5 Å². The molecule has 1 fully saturated rings. The smallest absolute Gasteiger partial charge is 0.0650 e. The van der Waals surface area contributed by atoms with Crippen LogP contribution in [0.3, 0.4) is 0 Å². The lowest BCUT2D eigenvalue weighted by Gasteiger charge is -2.28. The predicted molar refractivity (Wildman–Crippen MR) is 76.1 cm³/mol. The summed E-state index contributed by atoms with van der Waals surface area (Å²) in [5.41, 5.74) is 3.36. The van der Waals surface area contributed by atoms with Gasteiger partial charge in [-0.25, -0.2) is 0 Å². The minimum absolute atomic E-state index is 0.349. The van der Waals surface area contributed by atoms with E-state index < -0.39 is 0 Å². The minimum Gasteiger partial charge on any atom is -0.382 e. The van der Waals surface area contributed by atoms with Crippen molar-refractivity contribution in [3.8, 4) is 11.3 Å². The monoisotopic (exact) mass is 257 g/mol. The van der Waals surface area contributed by atoms with Crippen LogP contribution in [0.5, 0.6) is 0 Å². The molecule has 0 saturated carbocycles. The maximum absolute atomic E-state index is 5.58. The van der Waals surface area contributed by atoms with Crippen LogP contribution in [0.4, 0.5) is 5.69 Å². The van der Waals surface area contributed by atoms with E-state index in [9.17, 15) is 0 Å². The molecule has 1 aromatic carbocycles. The van der Waals surface area contributed by atoms with Gasteiger partial charge in [-0.2, -0.15) is 5.10 Å². The van der Waals surface area contributed by atoms with Crippen LogP contribution in [-0.4, -0.2) is 29.0 Å². The molecule has 0 radical (unpaired) electrons. The van der Waals surface area contributed by atoms with Crippen molar-refractivity contribution in [3.05, 3.63) is 36.5 Å². The molecule has 0 spiro atoms. The topological polar surface area (TPSA) is 49.9 Å². The zero-order valence-corrected chi connectivity index (χ0v) is 11.1. The number of nitrogens with one attached hydrogen (secondary N) is 2. The Morgan fingerprint density at radius 3 is 3.11 bits per heavy atom. The van der Waals surface area contributed by atoms with Gasteiger partial charge in [0.1, 0.15) is 0 Å². The zero-order valence-electron chi connectivity index (χ0n) is 11.1. The Kier molecular flexibility index (Phi) is 3.51. The summed E-state index contributed by atoms with van der Waals surface area (Å²) < 4.78 is 5.58. The molecule has 4 nitrogen and oxygen atoms in total. The van der Waals surface area contributed by atoms with Crippen LogP contribution in [0, 0.1) is 0 Å². The van der Waals surface area contributed by atoms with Gasteiger partial charge in [0.05, 0.1) is 11.8 Å². The third-order valence-electron chi connectivity index (χ3n) is 3.53. The molecule has 0 bridgehead atoms. The second-order valence-electron chi connectivity index (χ2n) is 5.10. The fourth-order valence-electron chi connectivity index (χ4n) is 2.56. The van der Waals surface area contributed by atoms with E-state index in [4.69, 9.17) is 4.74 Å². The molecule has 1 aliphatic rings. The Balaban J connectivity index is 1.73. The third kappa shape index (κ3) is 2.96. The molecule has 2 N–H and O–H groups in total. The molecular formula is C15H19N3O. The van der Waals surface area contributed by atoms with Crippen LogP contribution in [0.2, 0.25) is 0 Å². The van der Waals surface area contributed by atoms with Gasteiger partial charge in [0, 0.05) is 30.1 Å². The highest BCUT2D eigenvalue weighted by Crippen LogP contribution is 2.23. The van der Waals surface area contributed by atoms with Crippen molar-refractivity contribution in [2.75, 3.05) is 11.9 Å². The first-order chi connectivity index (χ1) is 9.31. The minimum atomic E-state index is 0.349. The highest BCUT2D eigenvalue weighted by molar-refractivity contribution is 5.64. The summed E-state index contributed by atoms with van der Waals surface area (Å²) in [5.74, 6) is 0. The highest BCUT2D eigenvalue weighted by Gasteiger charge is 2.18. The molecule has 1 aromatic heterocycles. The first-order valence-corrected chi connectivity index (χ1v) is 6.79. The Bertz CT molecular complexity index is 524. The average Bonchev–Trinajstić information content (AvgIpc) is 2.93. The van der Waals surface area contributed by atoms with Crippen LogP contribution in [0.1, 0.15) is 19.8 Å². The van der Waals surface area contributed by atoms with Crippen LogP contribution in [-0.2, 0) is 4.74 Å². The van der Waals surface area contributed by atoms with Crippen LogP contribution >= 0.6 is 0 Å². The highest BCUT2D eigenvalue weighted by atomic mass is 16.5. The van der Waals surface area contributed by atoms with Gasteiger partial charge in [0.2, 0.25) is 0 Å². The number of nitrogens with zero attached hydrogens (tertiary/aromatic N) is 1. The lowest BCUT2D eigenvalue weighted by molar-refractivity contribution is 0.0232. The summed E-state index contributed by atoms with van der Waals surface area (Å²) in [4.78, 5) is 0. The van der Waals surface area contributed by atoms with Gasteiger partial charge in [-0.1, -0.05) is 12.1 Å². The number of anilines is 1. The molecular weight excluding hydrogens is 238 g/mol. The van der Waals surface area contributed by atoms with Crippen molar-refractivity contribution < 1.29 is 4.74 Å². The average molecular weight is 257 g/mol. The van der Waals surface area contributed by atoms with Gasteiger partial charge in [-0.3, -0.25) is 5.10 Å². The lowest BCUT2D eigenvalue weighted by atomic mass is 10.0. The molecule has 0 aliphatic carbocycles. The third-order valence-corrected chi connectivity index (χ3v) is 3.53. The largest absolute Gasteiger partial charge is 0.382 e. The van der Waals surface area contributed by atoms with Crippen molar-refractivity contribution in [1.29, 1.82) is 0 Å². The molecule has 2 aromatic rings. The number of rotatable bonds is 3. The van der Waals surface area contributed by atoms with Crippen molar-refractivity contribution >= 4 is 5.69 Å². The van der Waals surface area contributed by atoms with Crippen molar-refractivity contribution in [2.24, 2.45) is 0 Å². The first-order valence-electron chi connectivity index (χ1n) is 6.79. The van der Waals surface area contributed by atoms with Gasteiger partial charge in [-0.05, 0) is 38.0 Å². The number of benzene rings is 1. The van der Waals surface area contributed by atoms with Gasteiger partial charge in [0.25, 0.3) is 0 Å². The molecule has 4 heteroatoms. The molecule has 1 aliphatic heterocycles. The lowest BCUT2D eigenvalue weighted by Crippen LogP contribution is -2.32. The van der Waals surface area contributed by atoms with Gasteiger partial charge >= 0.3 is 0 Å². The number of hydrogen-bond acceptors (Lipinski definition) is 3. The van der Waals surface area contributed by atoms with Crippen LogP contribution < -0.4 is 5.32 Å². The van der Waals surface area contributed by atoms with Crippen molar-refractivity contribution in [2.45, 2.75) is 31.9 Å². The van der Waals surface area contributed by atoms with Gasteiger partial charge in [0.15, 0.2) is 0 Å². The van der Waals surface area contributed by atoms with Crippen molar-refractivity contribution in [1.82, 2.24) is 10.2 Å². The molecule has 1 saturated heterocycles. The quantitative estimate of drug-likeness (QED) is 0.888. The fraction of sp³-hybridized carbons (Fsp3) is 0.400. The molecule has 2 unspecified atom stereocenters. The number of H-pyrrole nitrogens is 1. The Hall–Kier alpha value is -1.81. The summed E-state index contributed by atoms with van der Waals surface area (Å²) in [5, 5.41) is 10.6. The van der Waals surface area contributed by atoms with E-state index in [1.165, 1.54) is 0 Å². The normalized spacial score (nSPS) is 23.2. The van der Waals surface area contributed by atoms with E-state index in [1.54, 1.807) is 6.20 Å². The molecule has 2 atom stereocenters. The molecule has 0 amide bonds. The molecule has 19 heavy (non-hydrogen) atoms. The van der Waals surface area contributed by atoms with E-state index in [0.29, 0.717) is 12.1 Å². The summed E-state index contributed by atoms with van der Waals surface area (Å²) in [6.07, 6.45) is 4.25. The summed E-state index contributed by atoms with van der Waals surface area (Å²) in [6.45, 7) is 2.98. The maximum Gasteiger partial charge on any atom is 0.0650 e. The summed E-state index contributed by atoms with van der Waals surface area (Å²) in [6, 6.07) is 10.9. The number of hydrogen-bond donors (Lipinski definition) is 2. The van der Waals surface area contributed by atoms with E-state index in [-0.39, 0.29) is 0 Å². The summed E-state index contributed by atoms with van der Waals surface area (Å²) in [7, 11) is 0. The second kappa shape index (κ2) is 5.45. The van der Waals surface area contributed by atoms with E-state index >= 15 is 0 Å². The molecule has 100 valence electrons. The Labute approximate surface area is 113 Å². The number of aromatic nitrogens is 2. The second-order valence-corrected chi connectivity index (χ2v) is 5.10. The SMILES string of the molecule is CC1CC(Nc2cccc(-c3ccn[nH]3)c2)CCO1. The molecule has 2 heterocycles. The summed E-state index contributed by atoms with van der Waals surface area (Å²) >= 11 is 0. The first kappa shape index (κ1) is 12.2. The Morgan fingerprint density at radius 1 is 1.37 bits per heavy atom. The van der Waals surface area contributed by atoms with E-state index in [2.05, 4.69) is 46.7 Å². The van der Waals surface area contributed by atoms with Gasteiger partial charge in [-0.15, -0.1) is 0 Å².